The van der Waals surface area contributed by atoms with Crippen molar-refractivity contribution in [2.45, 2.75) is 25.7 Å². The molecular formula is C8H17NO2S. The molecule has 12 heavy (non-hydrogen) atoms. The van der Waals surface area contributed by atoms with Crippen molar-refractivity contribution >= 4 is 9.84 Å². The summed E-state index contributed by atoms with van der Waals surface area (Å²) in [6, 6.07) is 0. The Balaban J connectivity index is 2.27. The van der Waals surface area contributed by atoms with Gasteiger partial charge in [-0.1, -0.05) is 6.42 Å². The molecule has 1 rings (SSSR count). The summed E-state index contributed by atoms with van der Waals surface area (Å²) in [6.45, 7) is 0.476. The molecule has 72 valence electrons. The van der Waals surface area contributed by atoms with Gasteiger partial charge in [-0.05, 0) is 31.7 Å². The second-order valence-corrected chi connectivity index (χ2v) is 5.78. The highest BCUT2D eigenvalue weighted by atomic mass is 32.2. The number of nitrogens with two attached hydrogens (primary N) is 1. The van der Waals surface area contributed by atoms with E-state index in [1.165, 1.54) is 6.42 Å². The van der Waals surface area contributed by atoms with E-state index in [0.29, 0.717) is 24.6 Å². The maximum atomic E-state index is 11.3. The standard InChI is InChI=1S/C8H17NO2S/c9-5-2-6-12(10,11)7-8-3-1-4-8/h8H,1-7,9H2. The Kier molecular flexibility index (Phi) is 3.53. The first-order valence-corrected chi connectivity index (χ1v) is 6.37. The van der Waals surface area contributed by atoms with Crippen LogP contribution in [0.15, 0.2) is 0 Å². The van der Waals surface area contributed by atoms with Gasteiger partial charge in [0, 0.05) is 0 Å². The SMILES string of the molecule is NCCCS(=O)(=O)CC1CCC1. The van der Waals surface area contributed by atoms with E-state index >= 15 is 0 Å². The number of sulfone groups is 1. The number of hydrogen-bond acceptors (Lipinski definition) is 3. The average molecular weight is 191 g/mol. The van der Waals surface area contributed by atoms with Gasteiger partial charge in [-0.2, -0.15) is 0 Å². The molecular weight excluding hydrogens is 174 g/mol. The third-order valence-electron chi connectivity index (χ3n) is 2.37. The molecule has 0 heterocycles. The monoisotopic (exact) mass is 191 g/mol. The van der Waals surface area contributed by atoms with Gasteiger partial charge in [0.1, 0.15) is 0 Å². The van der Waals surface area contributed by atoms with Gasteiger partial charge in [-0.25, -0.2) is 8.42 Å². The molecule has 0 saturated heterocycles. The maximum absolute atomic E-state index is 11.3. The molecule has 0 atom stereocenters. The van der Waals surface area contributed by atoms with Crippen molar-refractivity contribution in [3.63, 3.8) is 0 Å². The Morgan fingerprint density at radius 1 is 1.33 bits per heavy atom. The third kappa shape index (κ3) is 3.11. The van der Waals surface area contributed by atoms with Crippen LogP contribution in [0, 0.1) is 5.92 Å². The molecule has 0 aromatic rings. The van der Waals surface area contributed by atoms with Crippen LogP contribution in [0.3, 0.4) is 0 Å². The number of hydrogen-bond donors (Lipinski definition) is 1. The highest BCUT2D eigenvalue weighted by Crippen LogP contribution is 2.27. The lowest BCUT2D eigenvalue weighted by molar-refractivity contribution is 0.347. The van der Waals surface area contributed by atoms with Crippen molar-refractivity contribution < 1.29 is 8.42 Å². The fourth-order valence-corrected chi connectivity index (χ4v) is 3.23. The summed E-state index contributed by atoms with van der Waals surface area (Å²) in [7, 11) is -2.78. The molecule has 0 aliphatic heterocycles. The Hall–Kier alpha value is -0.0900. The molecule has 4 heteroatoms. The molecule has 0 amide bonds. The van der Waals surface area contributed by atoms with Gasteiger partial charge in [0.2, 0.25) is 0 Å². The van der Waals surface area contributed by atoms with Crippen molar-refractivity contribution in [1.29, 1.82) is 0 Å². The largest absolute Gasteiger partial charge is 0.330 e. The van der Waals surface area contributed by atoms with Crippen molar-refractivity contribution in [2.75, 3.05) is 18.1 Å². The molecule has 0 radical (unpaired) electrons. The van der Waals surface area contributed by atoms with E-state index in [4.69, 9.17) is 5.73 Å². The van der Waals surface area contributed by atoms with Gasteiger partial charge in [-0.15, -0.1) is 0 Å². The van der Waals surface area contributed by atoms with Crippen LogP contribution >= 0.6 is 0 Å². The summed E-state index contributed by atoms with van der Waals surface area (Å²) >= 11 is 0. The molecule has 1 aliphatic carbocycles. The maximum Gasteiger partial charge on any atom is 0.150 e. The van der Waals surface area contributed by atoms with Gasteiger partial charge in [0.15, 0.2) is 9.84 Å². The zero-order chi connectivity index (χ0) is 9.03. The normalized spacial score (nSPS) is 19.1. The van der Waals surface area contributed by atoms with Crippen LogP contribution in [0.4, 0.5) is 0 Å². The molecule has 0 aromatic heterocycles. The first-order valence-electron chi connectivity index (χ1n) is 4.54. The molecule has 0 unspecified atom stereocenters. The minimum atomic E-state index is -2.78. The van der Waals surface area contributed by atoms with Crippen molar-refractivity contribution in [3.8, 4) is 0 Å². The Morgan fingerprint density at radius 2 is 2.00 bits per heavy atom. The first kappa shape index (κ1) is 9.99. The van der Waals surface area contributed by atoms with Crippen LogP contribution in [-0.4, -0.2) is 26.5 Å². The topological polar surface area (TPSA) is 60.2 Å². The predicted octanol–water partition coefficient (Wildman–Crippen LogP) is 0.550. The molecule has 1 saturated carbocycles. The second-order valence-electron chi connectivity index (χ2n) is 3.55. The summed E-state index contributed by atoms with van der Waals surface area (Å²) in [5.74, 6) is 1.13. The van der Waals surface area contributed by atoms with Gasteiger partial charge < -0.3 is 5.73 Å². The van der Waals surface area contributed by atoms with E-state index < -0.39 is 9.84 Å². The lowest BCUT2D eigenvalue weighted by Crippen LogP contribution is -2.24. The van der Waals surface area contributed by atoms with Crippen molar-refractivity contribution in [3.05, 3.63) is 0 Å². The minimum Gasteiger partial charge on any atom is -0.330 e. The van der Waals surface area contributed by atoms with E-state index in [9.17, 15) is 8.42 Å². The van der Waals surface area contributed by atoms with E-state index in [1.807, 2.05) is 0 Å². The highest BCUT2D eigenvalue weighted by molar-refractivity contribution is 7.91. The van der Waals surface area contributed by atoms with Gasteiger partial charge in [0.05, 0.1) is 11.5 Å². The third-order valence-corrected chi connectivity index (χ3v) is 4.26. The molecule has 3 nitrogen and oxygen atoms in total. The van der Waals surface area contributed by atoms with Crippen molar-refractivity contribution in [2.24, 2.45) is 11.7 Å². The fourth-order valence-electron chi connectivity index (χ4n) is 1.41. The van der Waals surface area contributed by atoms with E-state index in [2.05, 4.69) is 0 Å². The summed E-state index contributed by atoms with van der Waals surface area (Å²) in [6.07, 6.45) is 4.01. The highest BCUT2D eigenvalue weighted by Gasteiger charge is 2.23. The predicted molar refractivity (Wildman–Crippen MR) is 49.7 cm³/mol. The van der Waals surface area contributed by atoms with Crippen LogP contribution in [-0.2, 0) is 9.84 Å². The average Bonchev–Trinajstić information content (AvgIpc) is 1.94. The van der Waals surface area contributed by atoms with Gasteiger partial charge in [0.25, 0.3) is 0 Å². The minimum absolute atomic E-state index is 0.278. The van der Waals surface area contributed by atoms with Crippen molar-refractivity contribution in [1.82, 2.24) is 0 Å². The zero-order valence-electron chi connectivity index (χ0n) is 7.33. The summed E-state index contributed by atoms with van der Waals surface area (Å²) < 4.78 is 22.7. The Bertz CT molecular complexity index is 219. The van der Waals surface area contributed by atoms with E-state index in [-0.39, 0.29) is 5.75 Å². The molecule has 0 bridgehead atoms. The smallest absolute Gasteiger partial charge is 0.150 e. The lowest BCUT2D eigenvalue weighted by Gasteiger charge is -2.24. The molecule has 1 fully saturated rings. The van der Waals surface area contributed by atoms with Crippen LogP contribution in [0.25, 0.3) is 0 Å². The van der Waals surface area contributed by atoms with Crippen LogP contribution in [0.1, 0.15) is 25.7 Å². The summed E-state index contributed by atoms with van der Waals surface area (Å²) in [5, 5.41) is 0. The first-order chi connectivity index (χ1) is 5.64. The van der Waals surface area contributed by atoms with Crippen LogP contribution in [0.2, 0.25) is 0 Å². The second kappa shape index (κ2) is 4.23. The van der Waals surface area contributed by atoms with E-state index in [1.54, 1.807) is 0 Å². The van der Waals surface area contributed by atoms with Crippen LogP contribution < -0.4 is 5.73 Å². The molecule has 0 aromatic carbocycles. The molecule has 1 aliphatic rings. The molecule has 2 N–H and O–H groups in total. The van der Waals surface area contributed by atoms with Gasteiger partial charge >= 0.3 is 0 Å². The Morgan fingerprint density at radius 3 is 2.42 bits per heavy atom. The van der Waals surface area contributed by atoms with Gasteiger partial charge in [-0.3, -0.25) is 0 Å². The lowest BCUT2D eigenvalue weighted by atomic mass is 9.87. The van der Waals surface area contributed by atoms with Crippen LogP contribution in [0.5, 0.6) is 0 Å². The summed E-state index contributed by atoms with van der Waals surface area (Å²) in [4.78, 5) is 0. The summed E-state index contributed by atoms with van der Waals surface area (Å²) in [5.41, 5.74) is 5.25. The Labute approximate surface area is 74.3 Å². The number of rotatable bonds is 5. The fraction of sp³-hybridized carbons (Fsp3) is 1.00. The van der Waals surface area contributed by atoms with E-state index in [0.717, 1.165) is 12.8 Å². The quantitative estimate of drug-likeness (QED) is 0.690. The zero-order valence-corrected chi connectivity index (χ0v) is 8.15. The molecule has 0 spiro atoms.